The van der Waals surface area contributed by atoms with Crippen molar-refractivity contribution >= 4 is 5.69 Å². The van der Waals surface area contributed by atoms with E-state index in [9.17, 15) is 0 Å². The summed E-state index contributed by atoms with van der Waals surface area (Å²) in [6, 6.07) is 8.87. The summed E-state index contributed by atoms with van der Waals surface area (Å²) in [5.74, 6) is 1.53. The van der Waals surface area contributed by atoms with Gasteiger partial charge in [-0.1, -0.05) is 46.2 Å². The molecular formula is C16H27N. The van der Waals surface area contributed by atoms with Gasteiger partial charge >= 0.3 is 0 Å². The summed E-state index contributed by atoms with van der Waals surface area (Å²) in [4.78, 5) is 0. The van der Waals surface area contributed by atoms with E-state index >= 15 is 0 Å². The second-order valence-corrected chi connectivity index (χ2v) is 5.56. The van der Waals surface area contributed by atoms with E-state index in [0.29, 0.717) is 0 Å². The zero-order valence-electron chi connectivity index (χ0n) is 11.8. The molecule has 0 radical (unpaired) electrons. The van der Waals surface area contributed by atoms with E-state index in [2.05, 4.69) is 57.3 Å². The van der Waals surface area contributed by atoms with Crippen LogP contribution in [0.5, 0.6) is 0 Å². The number of benzene rings is 1. The minimum Gasteiger partial charge on any atom is -0.385 e. The van der Waals surface area contributed by atoms with Crippen LogP contribution in [0.1, 0.15) is 46.1 Å². The predicted molar refractivity (Wildman–Crippen MR) is 77.5 cm³/mol. The van der Waals surface area contributed by atoms with E-state index in [4.69, 9.17) is 0 Å². The van der Waals surface area contributed by atoms with Crippen LogP contribution in [0.2, 0.25) is 0 Å². The van der Waals surface area contributed by atoms with Crippen LogP contribution in [0, 0.1) is 11.8 Å². The van der Waals surface area contributed by atoms with Gasteiger partial charge in [-0.15, -0.1) is 0 Å². The number of aryl methyl sites for hydroxylation is 1. The maximum atomic E-state index is 3.52. The quantitative estimate of drug-likeness (QED) is 0.717. The van der Waals surface area contributed by atoms with Crippen LogP contribution >= 0.6 is 0 Å². The Morgan fingerprint density at radius 3 is 2.24 bits per heavy atom. The highest BCUT2D eigenvalue weighted by Crippen LogP contribution is 2.14. The highest BCUT2D eigenvalue weighted by molar-refractivity contribution is 5.44. The topological polar surface area (TPSA) is 12.0 Å². The first-order valence-corrected chi connectivity index (χ1v) is 6.94. The monoisotopic (exact) mass is 233 g/mol. The molecule has 0 bridgehead atoms. The van der Waals surface area contributed by atoms with Gasteiger partial charge in [0.15, 0.2) is 0 Å². The van der Waals surface area contributed by atoms with Crippen molar-refractivity contribution < 1.29 is 0 Å². The van der Waals surface area contributed by atoms with Gasteiger partial charge < -0.3 is 5.32 Å². The lowest BCUT2D eigenvalue weighted by atomic mass is 9.99. The van der Waals surface area contributed by atoms with Gasteiger partial charge in [0.1, 0.15) is 0 Å². The van der Waals surface area contributed by atoms with E-state index in [1.54, 1.807) is 0 Å². The Labute approximate surface area is 107 Å². The second-order valence-electron chi connectivity index (χ2n) is 5.56. The summed E-state index contributed by atoms with van der Waals surface area (Å²) >= 11 is 0. The van der Waals surface area contributed by atoms with Gasteiger partial charge in [-0.25, -0.2) is 0 Å². The lowest BCUT2D eigenvalue weighted by Crippen LogP contribution is -2.13. The fraction of sp³-hybridized carbons (Fsp3) is 0.625. The number of hydrogen-bond acceptors (Lipinski definition) is 1. The van der Waals surface area contributed by atoms with Gasteiger partial charge in [0.2, 0.25) is 0 Å². The Kier molecular flexibility index (Phi) is 6.10. The molecule has 0 aromatic heterocycles. The van der Waals surface area contributed by atoms with Crippen molar-refractivity contribution in [1.82, 2.24) is 0 Å². The smallest absolute Gasteiger partial charge is 0.0340 e. The Balaban J connectivity index is 2.36. The molecule has 0 spiro atoms. The molecule has 0 aliphatic carbocycles. The van der Waals surface area contributed by atoms with Crippen molar-refractivity contribution in [3.63, 3.8) is 0 Å². The Morgan fingerprint density at radius 2 is 1.71 bits per heavy atom. The first-order valence-electron chi connectivity index (χ1n) is 6.94. The van der Waals surface area contributed by atoms with Gasteiger partial charge in [0.25, 0.3) is 0 Å². The molecule has 1 aromatic carbocycles. The molecule has 0 saturated heterocycles. The molecule has 1 atom stereocenters. The standard InChI is InChI=1S/C16H27N/c1-5-6-15-7-9-16(10-8-15)17-12-14(4)11-13(2)3/h7-10,13-14,17H,5-6,11-12H2,1-4H3. The van der Waals surface area contributed by atoms with Crippen molar-refractivity contribution in [1.29, 1.82) is 0 Å². The highest BCUT2D eigenvalue weighted by Gasteiger charge is 2.04. The van der Waals surface area contributed by atoms with E-state index in [1.165, 1.54) is 30.5 Å². The zero-order chi connectivity index (χ0) is 12.7. The third-order valence-electron chi connectivity index (χ3n) is 3.02. The zero-order valence-corrected chi connectivity index (χ0v) is 11.8. The molecule has 0 fully saturated rings. The largest absolute Gasteiger partial charge is 0.385 e. The van der Waals surface area contributed by atoms with Gasteiger partial charge in [0.05, 0.1) is 0 Å². The maximum Gasteiger partial charge on any atom is 0.0340 e. The molecule has 0 amide bonds. The lowest BCUT2D eigenvalue weighted by molar-refractivity contribution is 0.455. The number of anilines is 1. The summed E-state index contributed by atoms with van der Waals surface area (Å²) < 4.78 is 0. The summed E-state index contributed by atoms with van der Waals surface area (Å²) in [5.41, 5.74) is 2.69. The van der Waals surface area contributed by atoms with Crippen LogP contribution in [-0.2, 0) is 6.42 Å². The maximum absolute atomic E-state index is 3.52. The molecule has 17 heavy (non-hydrogen) atoms. The average Bonchev–Trinajstić information content (AvgIpc) is 2.28. The van der Waals surface area contributed by atoms with Gasteiger partial charge in [-0.3, -0.25) is 0 Å². The van der Waals surface area contributed by atoms with Crippen molar-refractivity contribution in [2.24, 2.45) is 11.8 Å². The molecule has 0 aliphatic rings. The second kappa shape index (κ2) is 7.37. The van der Waals surface area contributed by atoms with Crippen LogP contribution < -0.4 is 5.32 Å². The minimum absolute atomic E-state index is 0.741. The molecule has 0 aliphatic heterocycles. The van der Waals surface area contributed by atoms with Crippen molar-refractivity contribution in [3.05, 3.63) is 29.8 Å². The Morgan fingerprint density at radius 1 is 1.06 bits per heavy atom. The Bertz CT molecular complexity index is 300. The lowest BCUT2D eigenvalue weighted by Gasteiger charge is -2.15. The summed E-state index contributed by atoms with van der Waals surface area (Å²) in [7, 11) is 0. The third kappa shape index (κ3) is 5.76. The fourth-order valence-electron chi connectivity index (χ4n) is 2.26. The minimum atomic E-state index is 0.741. The summed E-state index contributed by atoms with van der Waals surface area (Å²) in [6.45, 7) is 10.2. The first-order chi connectivity index (χ1) is 8.11. The third-order valence-corrected chi connectivity index (χ3v) is 3.02. The number of hydrogen-bond donors (Lipinski definition) is 1. The molecule has 1 rings (SSSR count). The van der Waals surface area contributed by atoms with E-state index in [-0.39, 0.29) is 0 Å². The van der Waals surface area contributed by atoms with Crippen LogP contribution in [0.4, 0.5) is 5.69 Å². The van der Waals surface area contributed by atoms with E-state index < -0.39 is 0 Å². The van der Waals surface area contributed by atoms with Gasteiger partial charge in [-0.2, -0.15) is 0 Å². The molecule has 96 valence electrons. The van der Waals surface area contributed by atoms with Crippen LogP contribution in [0.15, 0.2) is 24.3 Å². The summed E-state index contributed by atoms with van der Waals surface area (Å²) in [5, 5.41) is 3.52. The van der Waals surface area contributed by atoms with Crippen LogP contribution in [-0.4, -0.2) is 6.54 Å². The fourth-order valence-corrected chi connectivity index (χ4v) is 2.26. The van der Waals surface area contributed by atoms with E-state index in [1.807, 2.05) is 0 Å². The van der Waals surface area contributed by atoms with Gasteiger partial charge in [0, 0.05) is 12.2 Å². The van der Waals surface area contributed by atoms with Crippen molar-refractivity contribution in [2.75, 3.05) is 11.9 Å². The molecular weight excluding hydrogens is 206 g/mol. The van der Waals surface area contributed by atoms with E-state index in [0.717, 1.165) is 18.4 Å². The molecule has 1 unspecified atom stereocenters. The molecule has 1 N–H and O–H groups in total. The average molecular weight is 233 g/mol. The summed E-state index contributed by atoms with van der Waals surface area (Å²) in [6.07, 6.45) is 3.70. The molecule has 1 heteroatoms. The van der Waals surface area contributed by atoms with Gasteiger partial charge in [-0.05, 0) is 42.4 Å². The predicted octanol–water partition coefficient (Wildman–Crippen LogP) is 4.73. The molecule has 0 heterocycles. The first kappa shape index (κ1) is 14.1. The van der Waals surface area contributed by atoms with Crippen LogP contribution in [0.25, 0.3) is 0 Å². The molecule has 1 aromatic rings. The van der Waals surface area contributed by atoms with Crippen LogP contribution in [0.3, 0.4) is 0 Å². The van der Waals surface area contributed by atoms with Crippen molar-refractivity contribution in [2.45, 2.75) is 47.0 Å². The highest BCUT2D eigenvalue weighted by atomic mass is 14.9. The Hall–Kier alpha value is -0.980. The normalized spacial score (nSPS) is 12.8. The SMILES string of the molecule is CCCc1ccc(NCC(C)CC(C)C)cc1. The number of rotatable bonds is 7. The molecule has 0 saturated carbocycles. The molecule has 1 nitrogen and oxygen atoms in total. The van der Waals surface area contributed by atoms with Crippen molar-refractivity contribution in [3.8, 4) is 0 Å². The number of nitrogens with one attached hydrogen (secondary N) is 1.